The fourth-order valence-corrected chi connectivity index (χ4v) is 2.06. The molecule has 1 aromatic carbocycles. The van der Waals surface area contributed by atoms with Crippen molar-refractivity contribution in [2.75, 3.05) is 11.9 Å². The van der Waals surface area contributed by atoms with Crippen LogP contribution in [0.3, 0.4) is 0 Å². The fourth-order valence-electron chi connectivity index (χ4n) is 2.06. The van der Waals surface area contributed by atoms with Crippen molar-refractivity contribution in [3.05, 3.63) is 72.3 Å². The van der Waals surface area contributed by atoms with Gasteiger partial charge in [-0.25, -0.2) is 14.6 Å². The number of aromatic nitrogens is 4. The van der Waals surface area contributed by atoms with Crippen molar-refractivity contribution in [1.82, 2.24) is 19.7 Å². The lowest BCUT2D eigenvalue weighted by molar-refractivity contribution is 0.808. The van der Waals surface area contributed by atoms with Gasteiger partial charge in [-0.1, -0.05) is 42.0 Å². The van der Waals surface area contributed by atoms with Crippen molar-refractivity contribution in [3.63, 3.8) is 0 Å². The van der Waals surface area contributed by atoms with Gasteiger partial charge in [0.2, 0.25) is 5.95 Å². The molecule has 0 aliphatic carbocycles. The molecule has 0 unspecified atom stereocenters. The normalized spacial score (nSPS) is 11.4. The summed E-state index contributed by atoms with van der Waals surface area (Å²) < 4.78 is 1.65. The van der Waals surface area contributed by atoms with Gasteiger partial charge in [-0.05, 0) is 18.6 Å². The van der Waals surface area contributed by atoms with Crippen LogP contribution in [0.5, 0.6) is 0 Å². The predicted molar refractivity (Wildman–Crippen MR) is 87.7 cm³/mol. The van der Waals surface area contributed by atoms with E-state index in [2.05, 4.69) is 45.5 Å². The van der Waals surface area contributed by atoms with E-state index in [0.717, 1.165) is 12.2 Å². The Hall–Kier alpha value is -2.95. The third kappa shape index (κ3) is 3.58. The molecular weight excluding hydrogens is 274 g/mol. The number of nitrogens with one attached hydrogen (secondary N) is 1. The van der Waals surface area contributed by atoms with Crippen molar-refractivity contribution >= 4 is 11.8 Å². The zero-order valence-corrected chi connectivity index (χ0v) is 12.3. The van der Waals surface area contributed by atoms with E-state index in [9.17, 15) is 0 Å². The summed E-state index contributed by atoms with van der Waals surface area (Å²) in [5.74, 6) is 0.562. The minimum atomic E-state index is 0.562. The zero-order chi connectivity index (χ0) is 15.2. The van der Waals surface area contributed by atoms with E-state index in [0.29, 0.717) is 5.95 Å². The van der Waals surface area contributed by atoms with Crippen molar-refractivity contribution in [3.8, 4) is 5.95 Å². The molecule has 0 aliphatic rings. The largest absolute Gasteiger partial charge is 0.379 e. The quantitative estimate of drug-likeness (QED) is 0.784. The Morgan fingerprint density at radius 1 is 1.14 bits per heavy atom. The molecule has 3 aromatic rings. The van der Waals surface area contributed by atoms with E-state index < -0.39 is 0 Å². The number of rotatable bonds is 5. The summed E-state index contributed by atoms with van der Waals surface area (Å²) in [6, 6.07) is 12.1. The molecule has 2 aromatic heterocycles. The van der Waals surface area contributed by atoms with Crippen LogP contribution in [-0.2, 0) is 0 Å². The maximum Gasteiger partial charge on any atom is 0.250 e. The highest BCUT2D eigenvalue weighted by molar-refractivity contribution is 5.54. The molecule has 0 saturated heterocycles. The summed E-state index contributed by atoms with van der Waals surface area (Å²) in [6.45, 7) is 2.86. The molecule has 5 heteroatoms. The van der Waals surface area contributed by atoms with Gasteiger partial charge in [-0.3, -0.25) is 0 Å². The highest BCUT2D eigenvalue weighted by Crippen LogP contribution is 2.10. The highest BCUT2D eigenvalue weighted by atomic mass is 15.3. The Labute approximate surface area is 129 Å². The first-order valence-corrected chi connectivity index (χ1v) is 7.09. The van der Waals surface area contributed by atoms with Gasteiger partial charge in [0.25, 0.3) is 0 Å². The maximum absolute atomic E-state index is 4.26. The van der Waals surface area contributed by atoms with Crippen molar-refractivity contribution < 1.29 is 0 Å². The first-order chi connectivity index (χ1) is 10.8. The second kappa shape index (κ2) is 6.67. The summed E-state index contributed by atoms with van der Waals surface area (Å²) in [5.41, 5.74) is 3.39. The fraction of sp³-hybridized carbons (Fsp3) is 0.118. The lowest BCUT2D eigenvalue weighted by Crippen LogP contribution is -2.02. The van der Waals surface area contributed by atoms with Gasteiger partial charge in [0.05, 0.1) is 18.1 Å². The molecule has 0 aliphatic heterocycles. The van der Waals surface area contributed by atoms with Crippen LogP contribution >= 0.6 is 0 Å². The Balaban J connectivity index is 1.63. The molecular formula is C17H17N5. The molecule has 0 bridgehead atoms. The second-order valence-electron chi connectivity index (χ2n) is 4.98. The Morgan fingerprint density at radius 3 is 2.68 bits per heavy atom. The highest BCUT2D eigenvalue weighted by Gasteiger charge is 2.02. The van der Waals surface area contributed by atoms with Crippen LogP contribution in [0.15, 0.2) is 66.8 Å². The zero-order valence-electron chi connectivity index (χ0n) is 12.3. The second-order valence-corrected chi connectivity index (χ2v) is 4.98. The summed E-state index contributed by atoms with van der Waals surface area (Å²) in [4.78, 5) is 8.33. The molecule has 0 radical (unpaired) electrons. The van der Waals surface area contributed by atoms with Crippen LogP contribution in [0.25, 0.3) is 12.0 Å². The molecule has 2 heterocycles. The number of anilines is 1. The first kappa shape index (κ1) is 14.0. The lowest BCUT2D eigenvalue weighted by atomic mass is 10.1. The SMILES string of the molecule is C/C(=C\c1ccccc1)CNc1cnn(-c2ncccn2)c1. The summed E-state index contributed by atoms with van der Waals surface area (Å²) >= 11 is 0. The van der Waals surface area contributed by atoms with E-state index in [1.54, 1.807) is 29.3 Å². The first-order valence-electron chi connectivity index (χ1n) is 7.09. The molecule has 0 amide bonds. The van der Waals surface area contributed by atoms with Gasteiger partial charge in [0, 0.05) is 18.9 Å². The van der Waals surface area contributed by atoms with E-state index >= 15 is 0 Å². The van der Waals surface area contributed by atoms with Gasteiger partial charge in [0.15, 0.2) is 0 Å². The van der Waals surface area contributed by atoms with Crippen LogP contribution in [0.1, 0.15) is 12.5 Å². The third-order valence-corrected chi connectivity index (χ3v) is 3.12. The Kier molecular flexibility index (Phi) is 4.25. The van der Waals surface area contributed by atoms with Gasteiger partial charge < -0.3 is 5.32 Å². The number of hydrogen-bond acceptors (Lipinski definition) is 4. The van der Waals surface area contributed by atoms with Gasteiger partial charge in [0.1, 0.15) is 0 Å². The van der Waals surface area contributed by atoms with Gasteiger partial charge in [-0.15, -0.1) is 0 Å². The van der Waals surface area contributed by atoms with E-state index in [-0.39, 0.29) is 0 Å². The monoisotopic (exact) mass is 291 g/mol. The number of nitrogens with zero attached hydrogens (tertiary/aromatic N) is 4. The standard InChI is InChI=1S/C17H17N5/c1-14(10-15-6-3-2-4-7-15)11-20-16-12-21-22(13-16)17-18-8-5-9-19-17/h2-10,12-13,20H,11H2,1H3/b14-10+. The smallest absolute Gasteiger partial charge is 0.250 e. The van der Waals surface area contributed by atoms with Crippen LogP contribution in [-0.4, -0.2) is 26.3 Å². The Morgan fingerprint density at radius 2 is 1.91 bits per heavy atom. The molecule has 110 valence electrons. The van der Waals surface area contributed by atoms with Crippen molar-refractivity contribution in [2.24, 2.45) is 0 Å². The van der Waals surface area contributed by atoms with Crippen LogP contribution < -0.4 is 5.32 Å². The lowest BCUT2D eigenvalue weighted by Gasteiger charge is -2.04. The van der Waals surface area contributed by atoms with Gasteiger partial charge in [-0.2, -0.15) is 5.10 Å². The van der Waals surface area contributed by atoms with E-state index in [4.69, 9.17) is 0 Å². The minimum Gasteiger partial charge on any atom is -0.379 e. The summed E-state index contributed by atoms with van der Waals surface area (Å²) in [5, 5.41) is 7.61. The minimum absolute atomic E-state index is 0.562. The van der Waals surface area contributed by atoms with E-state index in [1.807, 2.05) is 24.4 Å². The van der Waals surface area contributed by atoms with Crippen LogP contribution in [0.2, 0.25) is 0 Å². The number of hydrogen-bond donors (Lipinski definition) is 1. The third-order valence-electron chi connectivity index (χ3n) is 3.12. The van der Waals surface area contributed by atoms with Crippen LogP contribution in [0.4, 0.5) is 5.69 Å². The molecule has 0 spiro atoms. The van der Waals surface area contributed by atoms with Gasteiger partial charge >= 0.3 is 0 Å². The summed E-state index contributed by atoms with van der Waals surface area (Å²) in [6.07, 6.45) is 9.21. The Bertz CT molecular complexity index is 747. The molecule has 22 heavy (non-hydrogen) atoms. The van der Waals surface area contributed by atoms with Crippen molar-refractivity contribution in [1.29, 1.82) is 0 Å². The predicted octanol–water partition coefficient (Wildman–Crippen LogP) is 3.18. The summed E-state index contributed by atoms with van der Waals surface area (Å²) in [7, 11) is 0. The molecule has 0 fully saturated rings. The maximum atomic E-state index is 4.26. The molecule has 0 atom stereocenters. The average molecular weight is 291 g/mol. The molecule has 3 rings (SSSR count). The van der Waals surface area contributed by atoms with Crippen LogP contribution in [0, 0.1) is 0 Å². The molecule has 0 saturated carbocycles. The topological polar surface area (TPSA) is 55.6 Å². The average Bonchev–Trinajstić information content (AvgIpc) is 3.04. The molecule has 1 N–H and O–H groups in total. The number of benzene rings is 1. The molecule has 5 nitrogen and oxygen atoms in total. The van der Waals surface area contributed by atoms with Crippen molar-refractivity contribution in [2.45, 2.75) is 6.92 Å². The van der Waals surface area contributed by atoms with E-state index in [1.165, 1.54) is 11.1 Å².